The van der Waals surface area contributed by atoms with Gasteiger partial charge in [0.1, 0.15) is 0 Å². The molecular formula is C13H25NO. The van der Waals surface area contributed by atoms with Gasteiger partial charge in [0.2, 0.25) is 0 Å². The van der Waals surface area contributed by atoms with E-state index < -0.39 is 0 Å². The molecule has 2 rings (SSSR count). The average molecular weight is 211 g/mol. The van der Waals surface area contributed by atoms with Crippen LogP contribution in [0.3, 0.4) is 0 Å². The summed E-state index contributed by atoms with van der Waals surface area (Å²) in [6.07, 6.45) is 13.0. The summed E-state index contributed by atoms with van der Waals surface area (Å²) < 4.78 is 0. The second-order valence-corrected chi connectivity index (χ2v) is 5.31. The Morgan fingerprint density at radius 3 is 2.00 bits per heavy atom. The molecule has 0 spiro atoms. The lowest BCUT2D eigenvalue weighted by atomic mass is 9.96. The van der Waals surface area contributed by atoms with Crippen LogP contribution in [-0.4, -0.2) is 23.3 Å². The Kier molecular flexibility index (Phi) is 4.45. The molecule has 2 heteroatoms. The monoisotopic (exact) mass is 211 g/mol. The maximum atomic E-state index is 9.78. The lowest BCUT2D eigenvalue weighted by molar-refractivity contribution is 0.139. The van der Waals surface area contributed by atoms with Gasteiger partial charge in [0.25, 0.3) is 0 Å². The summed E-state index contributed by atoms with van der Waals surface area (Å²) in [6.45, 7) is 0. The highest BCUT2D eigenvalue weighted by atomic mass is 16.3. The van der Waals surface area contributed by atoms with Gasteiger partial charge in [-0.15, -0.1) is 0 Å². The summed E-state index contributed by atoms with van der Waals surface area (Å²) in [7, 11) is 0. The van der Waals surface area contributed by atoms with Gasteiger partial charge in [-0.1, -0.05) is 32.1 Å². The first-order valence-corrected chi connectivity index (χ1v) is 6.80. The molecule has 2 aliphatic rings. The van der Waals surface area contributed by atoms with Crippen molar-refractivity contribution in [2.75, 3.05) is 0 Å². The number of aliphatic hydroxyl groups excluding tert-OH is 1. The second-order valence-electron chi connectivity index (χ2n) is 5.31. The maximum absolute atomic E-state index is 9.78. The van der Waals surface area contributed by atoms with Crippen molar-refractivity contribution < 1.29 is 5.11 Å². The zero-order valence-corrected chi connectivity index (χ0v) is 9.75. The smallest absolute Gasteiger partial charge is 0.0693 e. The van der Waals surface area contributed by atoms with E-state index in [4.69, 9.17) is 0 Å². The van der Waals surface area contributed by atoms with Gasteiger partial charge in [-0.05, 0) is 32.1 Å². The van der Waals surface area contributed by atoms with Gasteiger partial charge in [-0.2, -0.15) is 0 Å². The summed E-state index contributed by atoms with van der Waals surface area (Å²) in [5.74, 6) is 0. The predicted molar refractivity (Wildman–Crippen MR) is 62.9 cm³/mol. The molecular weight excluding hydrogens is 186 g/mol. The van der Waals surface area contributed by atoms with Gasteiger partial charge in [0.05, 0.1) is 6.10 Å². The van der Waals surface area contributed by atoms with Crippen LogP contribution in [0.25, 0.3) is 0 Å². The summed E-state index contributed by atoms with van der Waals surface area (Å²) >= 11 is 0. The standard InChI is InChI=1S/C13H25NO/c15-13-10-6-9-12(13)14-11-7-4-2-1-3-5-8-11/h11-15H,1-10H2/t12-,13-/m1/s1. The summed E-state index contributed by atoms with van der Waals surface area (Å²) in [4.78, 5) is 0. The van der Waals surface area contributed by atoms with Crippen molar-refractivity contribution in [2.45, 2.75) is 82.4 Å². The Labute approximate surface area is 93.5 Å². The SMILES string of the molecule is O[C@@H]1CCC[C@H]1NC1CCCCCCC1. The molecule has 0 saturated heterocycles. The Morgan fingerprint density at radius 1 is 0.733 bits per heavy atom. The molecule has 0 unspecified atom stereocenters. The van der Waals surface area contributed by atoms with Crippen molar-refractivity contribution in [1.82, 2.24) is 5.32 Å². The van der Waals surface area contributed by atoms with Crippen LogP contribution in [0.1, 0.15) is 64.2 Å². The van der Waals surface area contributed by atoms with E-state index in [2.05, 4.69) is 5.32 Å². The molecule has 0 radical (unpaired) electrons. The molecule has 0 heterocycles. The van der Waals surface area contributed by atoms with Crippen molar-refractivity contribution >= 4 is 0 Å². The van der Waals surface area contributed by atoms with E-state index in [-0.39, 0.29) is 6.10 Å². The zero-order valence-electron chi connectivity index (χ0n) is 9.75. The van der Waals surface area contributed by atoms with Crippen molar-refractivity contribution in [1.29, 1.82) is 0 Å². The molecule has 0 aromatic rings. The molecule has 2 fully saturated rings. The van der Waals surface area contributed by atoms with Crippen LogP contribution < -0.4 is 5.32 Å². The van der Waals surface area contributed by atoms with Gasteiger partial charge in [-0.3, -0.25) is 0 Å². The van der Waals surface area contributed by atoms with Crippen LogP contribution in [0.4, 0.5) is 0 Å². The first kappa shape index (κ1) is 11.4. The fourth-order valence-electron chi connectivity index (χ4n) is 3.06. The average Bonchev–Trinajstić information content (AvgIpc) is 2.56. The minimum absolute atomic E-state index is 0.0737. The van der Waals surface area contributed by atoms with Crippen molar-refractivity contribution in [3.63, 3.8) is 0 Å². The van der Waals surface area contributed by atoms with Crippen LogP contribution in [-0.2, 0) is 0 Å². The van der Waals surface area contributed by atoms with Gasteiger partial charge in [0, 0.05) is 12.1 Å². The summed E-state index contributed by atoms with van der Waals surface area (Å²) in [5, 5.41) is 13.5. The molecule has 2 nitrogen and oxygen atoms in total. The number of hydrogen-bond acceptors (Lipinski definition) is 2. The third kappa shape index (κ3) is 3.46. The molecule has 88 valence electrons. The van der Waals surface area contributed by atoms with Crippen LogP contribution in [0.2, 0.25) is 0 Å². The lowest BCUT2D eigenvalue weighted by Crippen LogP contribution is -2.42. The number of rotatable bonds is 2. The van der Waals surface area contributed by atoms with Crippen LogP contribution in [0, 0.1) is 0 Å². The number of nitrogens with one attached hydrogen (secondary N) is 1. The molecule has 2 aliphatic carbocycles. The van der Waals surface area contributed by atoms with Gasteiger partial charge in [-0.25, -0.2) is 0 Å². The van der Waals surface area contributed by atoms with Gasteiger partial charge in [0.15, 0.2) is 0 Å². The molecule has 0 bridgehead atoms. The highest BCUT2D eigenvalue weighted by molar-refractivity contribution is 4.85. The van der Waals surface area contributed by atoms with Crippen LogP contribution in [0.15, 0.2) is 0 Å². The molecule has 0 aromatic carbocycles. The molecule has 0 aliphatic heterocycles. The summed E-state index contributed by atoms with van der Waals surface area (Å²) in [6, 6.07) is 1.08. The summed E-state index contributed by atoms with van der Waals surface area (Å²) in [5.41, 5.74) is 0. The predicted octanol–water partition coefficient (Wildman–Crippen LogP) is 2.60. The zero-order chi connectivity index (χ0) is 10.5. The third-order valence-corrected chi connectivity index (χ3v) is 4.03. The van der Waals surface area contributed by atoms with Crippen molar-refractivity contribution in [3.8, 4) is 0 Å². The highest BCUT2D eigenvalue weighted by Crippen LogP contribution is 2.22. The fraction of sp³-hybridized carbons (Fsp3) is 1.00. The van der Waals surface area contributed by atoms with E-state index in [0.29, 0.717) is 12.1 Å². The second kappa shape index (κ2) is 5.86. The quantitative estimate of drug-likeness (QED) is 0.736. The van der Waals surface area contributed by atoms with E-state index >= 15 is 0 Å². The molecule has 2 N–H and O–H groups in total. The minimum Gasteiger partial charge on any atom is -0.392 e. The Morgan fingerprint density at radius 2 is 1.40 bits per heavy atom. The largest absolute Gasteiger partial charge is 0.392 e. The first-order valence-electron chi connectivity index (χ1n) is 6.80. The molecule has 0 aromatic heterocycles. The number of hydrogen-bond donors (Lipinski definition) is 2. The van der Waals surface area contributed by atoms with E-state index in [9.17, 15) is 5.11 Å². The molecule has 0 amide bonds. The minimum atomic E-state index is -0.0737. The Balaban J connectivity index is 1.75. The first-order chi connectivity index (χ1) is 7.36. The lowest BCUT2D eigenvalue weighted by Gasteiger charge is -2.26. The third-order valence-electron chi connectivity index (χ3n) is 4.03. The van der Waals surface area contributed by atoms with E-state index in [1.807, 2.05) is 0 Å². The van der Waals surface area contributed by atoms with Crippen molar-refractivity contribution in [2.24, 2.45) is 0 Å². The van der Waals surface area contributed by atoms with Gasteiger partial charge < -0.3 is 10.4 Å². The normalized spacial score (nSPS) is 35.0. The van der Waals surface area contributed by atoms with E-state index in [1.54, 1.807) is 0 Å². The van der Waals surface area contributed by atoms with E-state index in [1.165, 1.54) is 57.8 Å². The molecule has 2 atom stereocenters. The molecule has 15 heavy (non-hydrogen) atoms. The maximum Gasteiger partial charge on any atom is 0.0693 e. The van der Waals surface area contributed by atoms with Crippen LogP contribution >= 0.6 is 0 Å². The Hall–Kier alpha value is -0.0800. The van der Waals surface area contributed by atoms with Gasteiger partial charge >= 0.3 is 0 Å². The van der Waals surface area contributed by atoms with Crippen molar-refractivity contribution in [3.05, 3.63) is 0 Å². The highest BCUT2D eigenvalue weighted by Gasteiger charge is 2.27. The van der Waals surface area contributed by atoms with Crippen LogP contribution in [0.5, 0.6) is 0 Å². The topological polar surface area (TPSA) is 32.3 Å². The fourth-order valence-corrected chi connectivity index (χ4v) is 3.06. The van der Waals surface area contributed by atoms with E-state index in [0.717, 1.165) is 6.42 Å². The molecule has 2 saturated carbocycles. The number of aliphatic hydroxyl groups is 1. The Bertz CT molecular complexity index is 175.